The van der Waals surface area contributed by atoms with Crippen molar-refractivity contribution in [2.24, 2.45) is 0 Å². The zero-order chi connectivity index (χ0) is 33.6. The Morgan fingerprint density at radius 1 is 0.596 bits per heavy atom. The minimum atomic E-state index is -2.30. The molecule has 0 unspecified atom stereocenters. The third kappa shape index (κ3) is 2.67. The van der Waals surface area contributed by atoms with E-state index in [1.54, 1.807) is 5.30 Å². The van der Waals surface area contributed by atoms with Crippen LogP contribution in [-0.2, 0) is 11.8 Å². The molecule has 2 radical (unpaired) electrons. The van der Waals surface area contributed by atoms with Gasteiger partial charge in [0.1, 0.15) is 0 Å². The fourth-order valence-corrected chi connectivity index (χ4v) is 20.8. The molecular formula is C44H29B5N2P-. The van der Waals surface area contributed by atoms with E-state index >= 15 is 0 Å². The normalized spacial score (nSPS) is 19.4. The molecule has 15 rings (SSSR count). The first-order valence-electron chi connectivity index (χ1n) is 18.9. The van der Waals surface area contributed by atoms with Crippen LogP contribution in [0.25, 0.3) is 27.5 Å². The van der Waals surface area contributed by atoms with Crippen molar-refractivity contribution in [3.8, 4) is 5.69 Å². The number of aromatic nitrogens is 1. The van der Waals surface area contributed by atoms with E-state index < -0.39 is 11.8 Å². The topological polar surface area (TPSA) is 17.0 Å². The second-order valence-corrected chi connectivity index (χ2v) is 21.4. The molecule has 4 saturated heterocycles. The monoisotopic (exact) mass is 671 g/mol. The standard InChI is InChI=1S/C44H29B5N2P/c1-4-14-30(15-5-1)44(31-16-6-2-7-17-31)34-20-10-13-28-27-29-25-26-33-39-36(51-37-23-11-21-35(44)42(37)46(40(28)34)41(29)43(33)51)22-12-24-38(39)52(47-45-48(52)49(47)52)50-32-18-8-3-9-19-32/h1-26,50H,27H2/q-1. The first-order chi connectivity index (χ1) is 25.8. The van der Waals surface area contributed by atoms with Crippen molar-refractivity contribution in [3.63, 3.8) is 0 Å². The maximum absolute atomic E-state index is 4.34. The molecule has 52 heavy (non-hydrogen) atoms. The number of hydrogen-bond donors (Lipinski definition) is 1. The van der Waals surface area contributed by atoms with E-state index in [2.05, 4.69) is 174 Å². The van der Waals surface area contributed by atoms with Crippen molar-refractivity contribution >= 4 is 88.0 Å². The van der Waals surface area contributed by atoms with Gasteiger partial charge in [-0.2, -0.15) is 0 Å². The molecule has 7 aliphatic heterocycles. The quantitative estimate of drug-likeness (QED) is 0.168. The summed E-state index contributed by atoms with van der Waals surface area (Å²) in [5, 5.41) is 8.91. The predicted molar refractivity (Wildman–Crippen MR) is 226 cm³/mol. The van der Waals surface area contributed by atoms with Crippen molar-refractivity contribution in [1.29, 1.82) is 0 Å². The summed E-state index contributed by atoms with van der Waals surface area (Å²) in [7, 11) is 2.65. The Kier molecular flexibility index (Phi) is 4.63. The number of anilines is 1. The molecule has 1 N–H and O–H groups in total. The van der Waals surface area contributed by atoms with Gasteiger partial charge < -0.3 is 0 Å². The molecule has 0 saturated carbocycles. The molecular weight excluding hydrogens is 642 g/mol. The number of nitrogens with one attached hydrogen (secondary N) is 1. The van der Waals surface area contributed by atoms with Crippen molar-refractivity contribution in [2.75, 3.05) is 5.09 Å². The van der Waals surface area contributed by atoms with Crippen LogP contribution < -0.4 is 26.8 Å². The van der Waals surface area contributed by atoms with E-state index in [4.69, 9.17) is 0 Å². The van der Waals surface area contributed by atoms with Crippen molar-refractivity contribution in [2.45, 2.75) is 11.8 Å². The summed E-state index contributed by atoms with van der Waals surface area (Å²) in [4.78, 5) is 0. The molecule has 1 aromatic heterocycles. The predicted octanol–water partition coefficient (Wildman–Crippen LogP) is 6.29. The van der Waals surface area contributed by atoms with Gasteiger partial charge in [-0.05, 0) is 0 Å². The fourth-order valence-electron chi connectivity index (χ4n) is 12.6. The molecule has 0 atom stereocenters. The zero-order valence-electron chi connectivity index (χ0n) is 28.5. The van der Waals surface area contributed by atoms with Crippen LogP contribution in [0.5, 0.6) is 0 Å². The average Bonchev–Trinajstić information content (AvgIpc) is 3.78. The number of rotatable bonds is 5. The molecule has 8 heteroatoms. The number of benzene rings is 7. The van der Waals surface area contributed by atoms with Crippen LogP contribution in [0.2, 0.25) is 0 Å². The number of para-hydroxylation sites is 1. The molecule has 0 amide bonds. The fraction of sp³-hybridized carbons (Fsp3) is 0.0455. The van der Waals surface area contributed by atoms with Crippen LogP contribution in [0.1, 0.15) is 33.4 Å². The third-order valence-corrected chi connectivity index (χ3v) is 21.6. The van der Waals surface area contributed by atoms with Gasteiger partial charge in [-0.25, -0.2) is 0 Å². The first-order valence-corrected chi connectivity index (χ1v) is 21.4. The molecule has 0 spiro atoms. The molecule has 7 aromatic carbocycles. The molecule has 7 aliphatic rings. The van der Waals surface area contributed by atoms with Crippen LogP contribution in [0.15, 0.2) is 158 Å². The SMILES string of the molecule is [B-]1B2B3B1P23(Nc1ccccc1)c1cccc2c1c1ccc3c4c1n2-c1cccc2c1B4c1c(cccc1C2(c1ccccc1)c1ccccc1)C3. The van der Waals surface area contributed by atoms with Gasteiger partial charge in [0, 0.05) is 0 Å². The van der Waals surface area contributed by atoms with E-state index in [1.807, 2.05) is 0 Å². The van der Waals surface area contributed by atoms with E-state index in [1.165, 1.54) is 82.9 Å². The van der Waals surface area contributed by atoms with Crippen molar-refractivity contribution < 1.29 is 0 Å². The van der Waals surface area contributed by atoms with E-state index in [-0.39, 0.29) is 6.71 Å². The summed E-state index contributed by atoms with van der Waals surface area (Å²) < 4.78 is 2.71. The summed E-state index contributed by atoms with van der Waals surface area (Å²) >= 11 is 0. The van der Waals surface area contributed by atoms with E-state index in [9.17, 15) is 0 Å². The average molecular weight is 671 g/mol. The van der Waals surface area contributed by atoms with Crippen LogP contribution in [0.3, 0.4) is 0 Å². The molecule has 2 nitrogen and oxygen atoms in total. The van der Waals surface area contributed by atoms with Crippen molar-refractivity contribution in [3.05, 3.63) is 191 Å². The summed E-state index contributed by atoms with van der Waals surface area (Å²) in [6.45, 7) is 0.202. The molecule has 2 bridgehead atoms. The van der Waals surface area contributed by atoms with Crippen LogP contribution in [-0.4, -0.2) is 37.0 Å². The van der Waals surface area contributed by atoms with Crippen LogP contribution >= 0.6 is 6.39 Å². The Morgan fingerprint density at radius 3 is 1.92 bits per heavy atom. The summed E-state index contributed by atoms with van der Waals surface area (Å²) in [6.07, 6.45) is 0.931. The van der Waals surface area contributed by atoms with Gasteiger partial charge in [-0.15, -0.1) is 0 Å². The summed E-state index contributed by atoms with van der Waals surface area (Å²) in [6, 6.07) is 60.4. The first kappa shape index (κ1) is 27.5. The second kappa shape index (κ2) is 8.74. The number of hydrogen-bond acceptors (Lipinski definition) is 1. The van der Waals surface area contributed by atoms with Gasteiger partial charge in [0.15, 0.2) is 0 Å². The van der Waals surface area contributed by atoms with Gasteiger partial charge in [0.25, 0.3) is 0 Å². The summed E-state index contributed by atoms with van der Waals surface area (Å²) in [5.74, 6) is 0. The Bertz CT molecular complexity index is 2890. The maximum atomic E-state index is 4.34. The van der Waals surface area contributed by atoms with Gasteiger partial charge >= 0.3 is 306 Å². The molecule has 8 heterocycles. The Labute approximate surface area is 305 Å². The third-order valence-electron chi connectivity index (χ3n) is 14.6. The Balaban J connectivity index is 1.14. The van der Waals surface area contributed by atoms with Gasteiger partial charge in [0.05, 0.1) is 0 Å². The van der Waals surface area contributed by atoms with E-state index in [0.717, 1.165) is 25.1 Å². The van der Waals surface area contributed by atoms with Gasteiger partial charge in [0.2, 0.25) is 0 Å². The Hall–Kier alpha value is -5.11. The van der Waals surface area contributed by atoms with Crippen molar-refractivity contribution in [1.82, 2.24) is 4.57 Å². The molecule has 8 aromatic rings. The number of fused-ring (bicyclic) bond motifs is 4. The number of nitrogens with zero attached hydrogens (tertiary/aromatic N) is 1. The summed E-state index contributed by atoms with van der Waals surface area (Å²) in [5.41, 5.74) is 18.0. The van der Waals surface area contributed by atoms with E-state index in [0.29, 0.717) is 0 Å². The molecule has 4 fully saturated rings. The minimum absolute atomic E-state index is 0.202. The molecule has 0 aliphatic carbocycles. The second-order valence-electron chi connectivity index (χ2n) is 16.2. The van der Waals surface area contributed by atoms with Crippen LogP contribution in [0.4, 0.5) is 5.69 Å². The molecule has 236 valence electrons. The zero-order valence-corrected chi connectivity index (χ0v) is 29.4. The Morgan fingerprint density at radius 2 is 1.23 bits per heavy atom. The van der Waals surface area contributed by atoms with Gasteiger partial charge in [-0.3, -0.25) is 0 Å². The van der Waals surface area contributed by atoms with Gasteiger partial charge in [-0.1, -0.05) is 0 Å². The van der Waals surface area contributed by atoms with Crippen LogP contribution in [0, 0.1) is 0 Å².